The van der Waals surface area contributed by atoms with Crippen LogP contribution in [0.2, 0.25) is 0 Å². The number of pyridine rings is 1. The Morgan fingerprint density at radius 3 is 2.82 bits per heavy atom. The summed E-state index contributed by atoms with van der Waals surface area (Å²) < 4.78 is 0. The third-order valence-electron chi connectivity index (χ3n) is 4.77. The molecule has 4 rings (SSSR count). The molecule has 140 valence electrons. The molecule has 6 heteroatoms. The third-order valence-corrected chi connectivity index (χ3v) is 4.77. The lowest BCUT2D eigenvalue weighted by atomic mass is 10.1. The molecule has 1 aromatic heterocycles. The molecule has 0 unspecified atom stereocenters. The highest BCUT2D eigenvalue weighted by Crippen LogP contribution is 2.32. The molecule has 0 aliphatic carbocycles. The van der Waals surface area contributed by atoms with Crippen molar-refractivity contribution in [2.45, 2.75) is 13.3 Å². The zero-order valence-corrected chi connectivity index (χ0v) is 15.5. The molecule has 0 saturated carbocycles. The number of nitrogens with zero attached hydrogens (tertiary/aromatic N) is 2. The number of aromatic nitrogens is 1. The van der Waals surface area contributed by atoms with Crippen LogP contribution in [0.1, 0.15) is 22.8 Å². The normalized spacial score (nSPS) is 12.5. The molecule has 2 amide bonds. The second kappa shape index (κ2) is 7.15. The lowest BCUT2D eigenvalue weighted by Gasteiger charge is -2.22. The lowest BCUT2D eigenvalue weighted by molar-refractivity contribution is -0.118. The fraction of sp³-hybridized carbons (Fsp3) is 0.136. The van der Waals surface area contributed by atoms with Crippen molar-refractivity contribution >= 4 is 34.1 Å². The van der Waals surface area contributed by atoms with Crippen LogP contribution in [0.25, 0.3) is 10.9 Å². The first-order valence-electron chi connectivity index (χ1n) is 9.05. The van der Waals surface area contributed by atoms with E-state index in [1.807, 2.05) is 47.4 Å². The van der Waals surface area contributed by atoms with E-state index in [4.69, 9.17) is 0 Å². The van der Waals surface area contributed by atoms with E-state index in [1.165, 1.54) is 6.92 Å². The largest absolute Gasteiger partial charge is 0.328 e. The molecule has 6 nitrogen and oxygen atoms in total. The second-order valence-electron chi connectivity index (χ2n) is 6.70. The van der Waals surface area contributed by atoms with Crippen molar-refractivity contribution in [3.05, 3.63) is 78.3 Å². The van der Waals surface area contributed by atoms with Gasteiger partial charge in [0.2, 0.25) is 5.91 Å². The highest BCUT2D eigenvalue weighted by Gasteiger charge is 2.22. The average molecular weight is 372 g/mol. The smallest absolute Gasteiger partial charge is 0.256 e. The molecule has 1 aliphatic rings. The average Bonchev–Trinajstić information content (AvgIpc) is 3.10. The maximum Gasteiger partial charge on any atom is 0.256 e. The Morgan fingerprint density at radius 2 is 2.00 bits per heavy atom. The van der Waals surface area contributed by atoms with E-state index in [-0.39, 0.29) is 11.8 Å². The zero-order valence-electron chi connectivity index (χ0n) is 15.5. The van der Waals surface area contributed by atoms with Crippen LogP contribution in [0.5, 0.6) is 0 Å². The summed E-state index contributed by atoms with van der Waals surface area (Å²) >= 11 is 0. The van der Waals surface area contributed by atoms with Gasteiger partial charge in [-0.15, -0.1) is 0 Å². The minimum atomic E-state index is -0.170. The molecular formula is C22H20N4O2. The van der Waals surface area contributed by atoms with Crippen LogP contribution < -0.4 is 15.5 Å². The second-order valence-corrected chi connectivity index (χ2v) is 6.70. The Morgan fingerprint density at radius 1 is 1.14 bits per heavy atom. The van der Waals surface area contributed by atoms with Gasteiger partial charge in [0, 0.05) is 42.0 Å². The van der Waals surface area contributed by atoms with E-state index in [2.05, 4.69) is 22.2 Å². The fourth-order valence-corrected chi connectivity index (χ4v) is 3.53. The van der Waals surface area contributed by atoms with Gasteiger partial charge in [-0.2, -0.15) is 0 Å². The van der Waals surface area contributed by atoms with Crippen molar-refractivity contribution in [1.29, 1.82) is 0 Å². The minimum Gasteiger partial charge on any atom is -0.328 e. The summed E-state index contributed by atoms with van der Waals surface area (Å²) in [5.41, 5.74) is 4.20. The molecule has 3 aromatic rings. The van der Waals surface area contributed by atoms with E-state index in [0.717, 1.165) is 40.8 Å². The molecule has 1 aliphatic heterocycles. The first-order valence-corrected chi connectivity index (χ1v) is 9.05. The van der Waals surface area contributed by atoms with E-state index < -0.39 is 0 Å². The van der Waals surface area contributed by atoms with Crippen molar-refractivity contribution in [1.82, 2.24) is 10.3 Å². The van der Waals surface area contributed by atoms with Crippen LogP contribution in [-0.2, 0) is 11.2 Å². The number of amides is 2. The summed E-state index contributed by atoms with van der Waals surface area (Å²) in [6, 6.07) is 15.0. The molecule has 0 spiro atoms. The molecule has 0 atom stereocenters. The standard InChI is InChI=1S/C22H20N4O2/c1-14(24-15(2)27)26-12-10-16-13-17(8-9-21(16)26)25-22(28)19-5-3-7-20-18(19)6-4-11-23-20/h3-9,11,13H,1,10,12H2,2H3,(H,24,27)(H,25,28). The number of carbonyl (C=O) groups excluding carboxylic acids is 2. The number of fused-ring (bicyclic) bond motifs is 2. The van der Waals surface area contributed by atoms with E-state index in [9.17, 15) is 9.59 Å². The van der Waals surface area contributed by atoms with Crippen LogP contribution in [0.4, 0.5) is 11.4 Å². The first kappa shape index (κ1) is 17.7. The lowest BCUT2D eigenvalue weighted by Crippen LogP contribution is -2.32. The maximum atomic E-state index is 12.8. The van der Waals surface area contributed by atoms with Gasteiger partial charge in [-0.3, -0.25) is 14.6 Å². The first-order chi connectivity index (χ1) is 13.5. The van der Waals surface area contributed by atoms with Gasteiger partial charge in [-0.25, -0.2) is 0 Å². The Bertz CT molecular complexity index is 1100. The summed E-state index contributed by atoms with van der Waals surface area (Å²) in [4.78, 5) is 30.4. The minimum absolute atomic E-state index is 0.146. The summed E-state index contributed by atoms with van der Waals surface area (Å²) in [5.74, 6) is 0.245. The van der Waals surface area contributed by atoms with Crippen LogP contribution in [0, 0.1) is 0 Å². The Balaban J connectivity index is 1.56. The number of carbonyl (C=O) groups is 2. The number of nitrogens with one attached hydrogen (secondary N) is 2. The number of hydrogen-bond acceptors (Lipinski definition) is 4. The van der Waals surface area contributed by atoms with Crippen LogP contribution in [-0.4, -0.2) is 23.3 Å². The molecule has 0 fully saturated rings. The summed E-state index contributed by atoms with van der Waals surface area (Å²) in [7, 11) is 0. The number of rotatable bonds is 4. The van der Waals surface area contributed by atoms with Crippen molar-refractivity contribution in [3.63, 3.8) is 0 Å². The van der Waals surface area contributed by atoms with Gasteiger partial charge in [0.15, 0.2) is 0 Å². The van der Waals surface area contributed by atoms with Crippen molar-refractivity contribution < 1.29 is 9.59 Å². The number of anilines is 2. The highest BCUT2D eigenvalue weighted by molar-refractivity contribution is 6.12. The quantitative estimate of drug-likeness (QED) is 0.736. The van der Waals surface area contributed by atoms with E-state index in [0.29, 0.717) is 11.4 Å². The predicted molar refractivity (Wildman–Crippen MR) is 110 cm³/mol. The van der Waals surface area contributed by atoms with E-state index in [1.54, 1.807) is 12.3 Å². The molecule has 2 N–H and O–H groups in total. The third kappa shape index (κ3) is 3.32. The molecular weight excluding hydrogens is 352 g/mol. The summed E-state index contributed by atoms with van der Waals surface area (Å²) in [6.07, 6.45) is 2.53. The van der Waals surface area contributed by atoms with Gasteiger partial charge < -0.3 is 15.5 Å². The number of benzene rings is 2. The molecule has 0 radical (unpaired) electrons. The fourth-order valence-electron chi connectivity index (χ4n) is 3.53. The van der Waals surface area contributed by atoms with Crippen LogP contribution in [0.15, 0.2) is 67.1 Å². The SMILES string of the molecule is C=C(NC(C)=O)N1CCc2cc(NC(=O)c3cccc4ncccc34)ccc21. The molecule has 0 saturated heterocycles. The number of hydrogen-bond donors (Lipinski definition) is 2. The van der Waals surface area contributed by atoms with Gasteiger partial charge in [-0.05, 0) is 48.4 Å². The predicted octanol–water partition coefficient (Wildman–Crippen LogP) is 3.46. The highest BCUT2D eigenvalue weighted by atomic mass is 16.2. The van der Waals surface area contributed by atoms with Gasteiger partial charge >= 0.3 is 0 Å². The van der Waals surface area contributed by atoms with Crippen molar-refractivity contribution in [2.24, 2.45) is 0 Å². The van der Waals surface area contributed by atoms with Crippen molar-refractivity contribution in [3.8, 4) is 0 Å². The Hall–Kier alpha value is -3.67. The van der Waals surface area contributed by atoms with Crippen molar-refractivity contribution in [2.75, 3.05) is 16.8 Å². The van der Waals surface area contributed by atoms with Gasteiger partial charge in [0.1, 0.15) is 5.82 Å². The summed E-state index contributed by atoms with van der Waals surface area (Å²) in [6.45, 7) is 6.13. The Labute approximate surface area is 162 Å². The topological polar surface area (TPSA) is 74.3 Å². The molecule has 2 aromatic carbocycles. The Kier molecular flexibility index (Phi) is 4.53. The molecule has 0 bridgehead atoms. The van der Waals surface area contributed by atoms with E-state index >= 15 is 0 Å². The van der Waals surface area contributed by atoms with Crippen LogP contribution >= 0.6 is 0 Å². The van der Waals surface area contributed by atoms with Gasteiger partial charge in [0.05, 0.1) is 5.52 Å². The van der Waals surface area contributed by atoms with Gasteiger partial charge in [-0.1, -0.05) is 18.7 Å². The zero-order chi connectivity index (χ0) is 19.7. The molecule has 2 heterocycles. The maximum absolute atomic E-state index is 12.8. The molecule has 28 heavy (non-hydrogen) atoms. The monoisotopic (exact) mass is 372 g/mol. The van der Waals surface area contributed by atoms with Gasteiger partial charge in [0.25, 0.3) is 5.91 Å². The summed E-state index contributed by atoms with van der Waals surface area (Å²) in [5, 5.41) is 6.53. The van der Waals surface area contributed by atoms with Crippen LogP contribution in [0.3, 0.4) is 0 Å².